The summed E-state index contributed by atoms with van der Waals surface area (Å²) in [4.78, 5) is 41.3. The minimum Gasteiger partial charge on any atom is -0.369 e. The summed E-state index contributed by atoms with van der Waals surface area (Å²) in [6.45, 7) is 6.58. The molecular formula is C28H29Cl2N7O2. The molecule has 2 aromatic carbocycles. The first-order chi connectivity index (χ1) is 18.6. The van der Waals surface area contributed by atoms with Gasteiger partial charge in [0.2, 0.25) is 17.8 Å². The van der Waals surface area contributed by atoms with Gasteiger partial charge in [0.25, 0.3) is 0 Å². The van der Waals surface area contributed by atoms with Crippen molar-refractivity contribution in [3.63, 3.8) is 0 Å². The van der Waals surface area contributed by atoms with E-state index in [4.69, 9.17) is 43.9 Å². The molecule has 1 aliphatic rings. The van der Waals surface area contributed by atoms with E-state index in [0.717, 1.165) is 5.69 Å². The number of piperidine rings is 1. The van der Waals surface area contributed by atoms with E-state index in [1.807, 2.05) is 41.8 Å². The molecule has 39 heavy (non-hydrogen) atoms. The summed E-state index contributed by atoms with van der Waals surface area (Å²) >= 11 is 12.8. The van der Waals surface area contributed by atoms with Crippen LogP contribution in [0, 0.1) is 11.3 Å². The normalized spacial score (nSPS) is 15.1. The standard InChI is InChI=1S/C28H29Cl2N7O2/c1-16(2)25(38)35-27-33-23(36-14-12-28(3,13-15-36)26(31)39)21-24(34-27)37(18-10-8-17(29)9-11-18)22(32-21)19-6-4-5-7-20(19)30/h4-11,16H,12-15H2,1-3H3,(H2,31,39)(H,33,34,35,38). The van der Waals surface area contributed by atoms with Gasteiger partial charge in [-0.25, -0.2) is 4.98 Å². The molecule has 1 saturated heterocycles. The van der Waals surface area contributed by atoms with Crippen LogP contribution in [-0.2, 0) is 9.59 Å². The number of amides is 2. The van der Waals surface area contributed by atoms with Crippen LogP contribution in [0.1, 0.15) is 33.6 Å². The van der Waals surface area contributed by atoms with Crippen molar-refractivity contribution >= 4 is 57.9 Å². The quantitative estimate of drug-likeness (QED) is 0.319. The molecule has 0 bridgehead atoms. The van der Waals surface area contributed by atoms with Gasteiger partial charge in [-0.15, -0.1) is 0 Å². The van der Waals surface area contributed by atoms with Gasteiger partial charge in [0, 0.05) is 40.7 Å². The lowest BCUT2D eigenvalue weighted by atomic mass is 9.80. The third kappa shape index (κ3) is 5.16. The van der Waals surface area contributed by atoms with E-state index in [9.17, 15) is 9.59 Å². The first-order valence-electron chi connectivity index (χ1n) is 12.7. The van der Waals surface area contributed by atoms with Crippen LogP contribution >= 0.6 is 23.2 Å². The zero-order valence-electron chi connectivity index (χ0n) is 21.9. The summed E-state index contributed by atoms with van der Waals surface area (Å²) < 4.78 is 1.89. The average molecular weight is 566 g/mol. The van der Waals surface area contributed by atoms with Crippen LogP contribution in [0.4, 0.5) is 11.8 Å². The summed E-state index contributed by atoms with van der Waals surface area (Å²) in [7, 11) is 0. The molecule has 3 N–H and O–H groups in total. The fraction of sp³-hybridized carbons (Fsp3) is 0.321. The number of rotatable bonds is 6. The number of hydrogen-bond donors (Lipinski definition) is 2. The van der Waals surface area contributed by atoms with Crippen LogP contribution < -0.4 is 16.0 Å². The lowest BCUT2D eigenvalue weighted by Gasteiger charge is -2.37. The van der Waals surface area contributed by atoms with Gasteiger partial charge in [-0.1, -0.05) is 56.1 Å². The second kappa shape index (κ2) is 10.5. The second-order valence-electron chi connectivity index (χ2n) is 10.3. The molecule has 3 heterocycles. The number of nitrogens with one attached hydrogen (secondary N) is 1. The highest BCUT2D eigenvalue weighted by Gasteiger charge is 2.37. The molecule has 2 amide bonds. The molecule has 5 rings (SSSR count). The Kier molecular flexibility index (Phi) is 7.22. The smallest absolute Gasteiger partial charge is 0.233 e. The van der Waals surface area contributed by atoms with Crippen molar-refractivity contribution in [2.75, 3.05) is 23.3 Å². The third-order valence-corrected chi connectivity index (χ3v) is 7.79. The van der Waals surface area contributed by atoms with Gasteiger partial charge in [0.1, 0.15) is 5.82 Å². The maximum atomic E-state index is 12.6. The van der Waals surface area contributed by atoms with Gasteiger partial charge in [0.15, 0.2) is 17.0 Å². The molecule has 0 aliphatic carbocycles. The van der Waals surface area contributed by atoms with Gasteiger partial charge in [0.05, 0.1) is 5.02 Å². The van der Waals surface area contributed by atoms with Gasteiger partial charge in [-0.2, -0.15) is 9.97 Å². The highest BCUT2D eigenvalue weighted by Crippen LogP contribution is 2.38. The van der Waals surface area contributed by atoms with Crippen molar-refractivity contribution in [1.82, 2.24) is 19.5 Å². The number of nitrogens with two attached hydrogens (primary N) is 1. The van der Waals surface area contributed by atoms with E-state index in [0.29, 0.717) is 64.3 Å². The molecule has 0 atom stereocenters. The Morgan fingerprint density at radius 2 is 1.67 bits per heavy atom. The van der Waals surface area contributed by atoms with Gasteiger partial charge in [-0.3, -0.25) is 19.5 Å². The van der Waals surface area contributed by atoms with Crippen LogP contribution in [-0.4, -0.2) is 44.4 Å². The number of carbonyl (C=O) groups is 2. The number of carbonyl (C=O) groups excluding carboxylic acids is 2. The predicted molar refractivity (Wildman–Crippen MR) is 154 cm³/mol. The second-order valence-corrected chi connectivity index (χ2v) is 11.2. The Bertz CT molecular complexity index is 1560. The van der Waals surface area contributed by atoms with E-state index in [1.165, 1.54) is 0 Å². The Balaban J connectivity index is 1.75. The molecule has 202 valence electrons. The van der Waals surface area contributed by atoms with Crippen molar-refractivity contribution in [1.29, 1.82) is 0 Å². The Morgan fingerprint density at radius 1 is 1.00 bits per heavy atom. The third-order valence-electron chi connectivity index (χ3n) is 7.21. The lowest BCUT2D eigenvalue weighted by molar-refractivity contribution is -0.127. The summed E-state index contributed by atoms with van der Waals surface area (Å²) in [5, 5.41) is 3.97. The highest BCUT2D eigenvalue weighted by atomic mass is 35.5. The van der Waals surface area contributed by atoms with Crippen molar-refractivity contribution in [3.05, 3.63) is 58.6 Å². The Morgan fingerprint density at radius 3 is 2.28 bits per heavy atom. The van der Waals surface area contributed by atoms with Crippen molar-refractivity contribution < 1.29 is 9.59 Å². The van der Waals surface area contributed by atoms with Crippen LogP contribution in [0.2, 0.25) is 10.0 Å². The first-order valence-corrected chi connectivity index (χ1v) is 13.5. The first kappa shape index (κ1) is 26.9. The summed E-state index contributed by atoms with van der Waals surface area (Å²) in [5.74, 6) is 0.516. The maximum Gasteiger partial charge on any atom is 0.233 e. The number of hydrogen-bond acceptors (Lipinski definition) is 6. The summed E-state index contributed by atoms with van der Waals surface area (Å²) in [6.07, 6.45) is 1.13. The van der Waals surface area contributed by atoms with E-state index in [2.05, 4.69) is 10.2 Å². The Hall–Kier alpha value is -3.69. The van der Waals surface area contributed by atoms with E-state index in [1.54, 1.807) is 32.0 Å². The molecule has 0 spiro atoms. The molecule has 4 aromatic rings. The van der Waals surface area contributed by atoms with Crippen molar-refractivity contribution in [2.24, 2.45) is 17.1 Å². The largest absolute Gasteiger partial charge is 0.369 e. The van der Waals surface area contributed by atoms with Crippen LogP contribution in [0.25, 0.3) is 28.2 Å². The van der Waals surface area contributed by atoms with Crippen LogP contribution in [0.5, 0.6) is 0 Å². The molecular weight excluding hydrogens is 537 g/mol. The molecule has 0 saturated carbocycles. The molecule has 0 unspecified atom stereocenters. The maximum absolute atomic E-state index is 12.6. The summed E-state index contributed by atoms with van der Waals surface area (Å²) in [6, 6.07) is 14.8. The number of imidazole rings is 1. The molecule has 1 fully saturated rings. The average Bonchev–Trinajstić information content (AvgIpc) is 3.28. The van der Waals surface area contributed by atoms with Crippen molar-refractivity contribution in [2.45, 2.75) is 33.6 Å². The number of primary amides is 1. The van der Waals surface area contributed by atoms with Gasteiger partial charge >= 0.3 is 0 Å². The highest BCUT2D eigenvalue weighted by molar-refractivity contribution is 6.33. The minimum absolute atomic E-state index is 0.167. The van der Waals surface area contributed by atoms with E-state index in [-0.39, 0.29) is 23.7 Å². The number of aromatic nitrogens is 4. The van der Waals surface area contributed by atoms with E-state index >= 15 is 0 Å². The molecule has 11 heteroatoms. The molecule has 2 aromatic heterocycles. The zero-order chi connectivity index (χ0) is 27.9. The number of nitrogens with zero attached hydrogens (tertiary/aromatic N) is 5. The fourth-order valence-electron chi connectivity index (χ4n) is 4.59. The van der Waals surface area contributed by atoms with Crippen molar-refractivity contribution in [3.8, 4) is 17.1 Å². The topological polar surface area (TPSA) is 119 Å². The minimum atomic E-state index is -0.595. The SMILES string of the molecule is CC(C)C(=O)Nc1nc(N2CCC(C)(C(N)=O)CC2)c2nc(-c3ccccc3Cl)n(-c3ccc(Cl)cc3)c2n1. The molecule has 0 radical (unpaired) electrons. The Labute approximate surface area is 236 Å². The van der Waals surface area contributed by atoms with E-state index < -0.39 is 5.41 Å². The zero-order valence-corrected chi connectivity index (χ0v) is 23.4. The van der Waals surface area contributed by atoms with Gasteiger partial charge < -0.3 is 10.6 Å². The fourth-order valence-corrected chi connectivity index (χ4v) is 4.94. The van der Waals surface area contributed by atoms with Crippen LogP contribution in [0.3, 0.4) is 0 Å². The predicted octanol–water partition coefficient (Wildman–Crippen LogP) is 5.48. The number of anilines is 2. The number of fused-ring (bicyclic) bond motifs is 1. The molecule has 1 aliphatic heterocycles. The molecule has 9 nitrogen and oxygen atoms in total. The van der Waals surface area contributed by atoms with Gasteiger partial charge in [-0.05, 0) is 49.2 Å². The number of halogens is 2. The monoisotopic (exact) mass is 565 g/mol. The number of benzene rings is 2. The van der Waals surface area contributed by atoms with Crippen LogP contribution in [0.15, 0.2) is 48.5 Å². The summed E-state index contributed by atoms with van der Waals surface area (Å²) in [5.41, 5.74) is 7.62. The lowest BCUT2D eigenvalue weighted by Crippen LogP contribution is -2.45.